The Bertz CT molecular complexity index is 207. The van der Waals surface area contributed by atoms with Gasteiger partial charge in [-0.2, -0.15) is 0 Å². The van der Waals surface area contributed by atoms with E-state index in [1.54, 1.807) is 6.42 Å². The first-order valence-electron chi connectivity index (χ1n) is 7.55. The number of hydrogen-bond acceptors (Lipinski definition) is 0. The minimum absolute atomic E-state index is 0.556. The molecule has 4 saturated carbocycles. The van der Waals surface area contributed by atoms with Gasteiger partial charge < -0.3 is 0 Å². The van der Waals surface area contributed by atoms with Gasteiger partial charge in [0.15, 0.2) is 0 Å². The molecule has 0 heterocycles. The van der Waals surface area contributed by atoms with Gasteiger partial charge in [0.1, 0.15) is 0 Å². The number of rotatable bonds is 0. The maximum absolute atomic E-state index is 4.89. The van der Waals surface area contributed by atoms with Crippen LogP contribution in [0.4, 0.5) is 0 Å². The average molecular weight is 323 g/mol. The van der Waals surface area contributed by atoms with Crippen LogP contribution in [0.2, 0.25) is 0 Å². The molecule has 4 rings (SSSR count). The standard InChI is InChI=1S/C10H14.C5H10.2ClH.Ti/c1-2-9-7-4-5-8(6-7)10(9)3-1;1-2-4-5-3-1;;;/h7-8H,1-6H2;1-5H2;2*1H;/q;;;;+2/p-2. The van der Waals surface area contributed by atoms with Crippen molar-refractivity contribution in [3.05, 3.63) is 11.8 Å². The van der Waals surface area contributed by atoms with Crippen LogP contribution in [0.1, 0.15) is 70.6 Å². The van der Waals surface area contributed by atoms with Crippen molar-refractivity contribution in [2.45, 2.75) is 70.6 Å². The Morgan fingerprint density at radius 2 is 1.11 bits per heavy atom. The van der Waals surface area contributed by atoms with E-state index in [1.807, 2.05) is 11.8 Å². The van der Waals surface area contributed by atoms with E-state index >= 15 is 0 Å². The van der Waals surface area contributed by atoms with E-state index in [0.717, 1.165) is 11.8 Å². The molecule has 2 radical (unpaired) electrons. The van der Waals surface area contributed by atoms with Crippen LogP contribution < -0.4 is 0 Å². The SMILES string of the molecule is C1CCCC1.C1C[C]2[C](C1)C1CCC2C1.[Cl][Ti][Cl]. The van der Waals surface area contributed by atoms with E-state index in [9.17, 15) is 0 Å². The normalized spacial score (nSPS) is 33.4. The van der Waals surface area contributed by atoms with E-state index < -0.39 is 17.0 Å². The van der Waals surface area contributed by atoms with Gasteiger partial charge in [-0.15, -0.1) is 0 Å². The van der Waals surface area contributed by atoms with Gasteiger partial charge in [-0.1, -0.05) is 38.5 Å². The number of hydrogen-bond donors (Lipinski definition) is 0. The molecule has 0 saturated heterocycles. The summed E-state index contributed by atoms with van der Waals surface area (Å²) in [4.78, 5) is 0. The molecule has 0 spiro atoms. The van der Waals surface area contributed by atoms with Crippen molar-refractivity contribution in [3.8, 4) is 0 Å². The van der Waals surface area contributed by atoms with Gasteiger partial charge in [0.05, 0.1) is 0 Å². The van der Waals surface area contributed by atoms with Crippen molar-refractivity contribution in [2.75, 3.05) is 0 Å². The van der Waals surface area contributed by atoms with Gasteiger partial charge in [-0.05, 0) is 55.8 Å². The van der Waals surface area contributed by atoms with E-state index in [4.69, 9.17) is 18.6 Å². The van der Waals surface area contributed by atoms with Gasteiger partial charge in [-0.25, -0.2) is 0 Å². The zero-order valence-electron chi connectivity index (χ0n) is 11.2. The summed E-state index contributed by atoms with van der Waals surface area (Å²) in [6, 6.07) is 0. The minimum atomic E-state index is -0.556. The molecule has 0 aromatic carbocycles. The quantitative estimate of drug-likeness (QED) is 0.474. The molecule has 18 heavy (non-hydrogen) atoms. The zero-order valence-corrected chi connectivity index (χ0v) is 14.3. The molecule has 2 bridgehead atoms. The summed E-state index contributed by atoms with van der Waals surface area (Å²) in [7, 11) is 9.78. The Morgan fingerprint density at radius 3 is 1.50 bits per heavy atom. The maximum atomic E-state index is 4.89. The molecular weight excluding hydrogens is 299 g/mol. The molecule has 102 valence electrons. The molecular formula is C15H24Cl2Ti. The summed E-state index contributed by atoms with van der Waals surface area (Å²) >= 11 is -0.556. The van der Waals surface area contributed by atoms with Crippen LogP contribution in [0.15, 0.2) is 0 Å². The second-order valence-electron chi connectivity index (χ2n) is 5.95. The van der Waals surface area contributed by atoms with E-state index in [0.29, 0.717) is 0 Å². The molecule has 0 nitrogen and oxygen atoms in total. The van der Waals surface area contributed by atoms with Crippen LogP contribution in [0.5, 0.6) is 0 Å². The topological polar surface area (TPSA) is 0 Å². The molecule has 4 aliphatic carbocycles. The fraction of sp³-hybridized carbons (Fsp3) is 0.867. The molecule has 4 aliphatic rings. The predicted octanol–water partition coefficient (Wildman–Crippen LogP) is 6.08. The molecule has 2 unspecified atom stereocenters. The van der Waals surface area contributed by atoms with E-state index in [2.05, 4.69) is 0 Å². The summed E-state index contributed by atoms with van der Waals surface area (Å²) in [5, 5.41) is 0. The van der Waals surface area contributed by atoms with Crippen LogP contribution in [0, 0.1) is 23.7 Å². The molecule has 0 N–H and O–H groups in total. The summed E-state index contributed by atoms with van der Waals surface area (Å²) in [6.45, 7) is 0. The van der Waals surface area contributed by atoms with Crippen molar-refractivity contribution in [1.29, 1.82) is 0 Å². The monoisotopic (exact) mass is 322 g/mol. The molecule has 0 amide bonds. The first kappa shape index (κ1) is 15.7. The first-order valence-corrected chi connectivity index (χ1v) is 11.8. The van der Waals surface area contributed by atoms with Gasteiger partial charge >= 0.3 is 35.6 Å². The second-order valence-corrected chi connectivity index (χ2v) is 8.53. The molecule has 0 aromatic rings. The molecule has 4 fully saturated rings. The van der Waals surface area contributed by atoms with Crippen molar-refractivity contribution in [3.63, 3.8) is 0 Å². The van der Waals surface area contributed by atoms with Crippen molar-refractivity contribution >= 4 is 18.6 Å². The van der Waals surface area contributed by atoms with Crippen molar-refractivity contribution in [2.24, 2.45) is 11.8 Å². The third-order valence-corrected chi connectivity index (χ3v) is 4.97. The first-order chi connectivity index (χ1) is 8.86. The van der Waals surface area contributed by atoms with Crippen LogP contribution in [0.25, 0.3) is 0 Å². The van der Waals surface area contributed by atoms with Crippen LogP contribution in [0.3, 0.4) is 0 Å². The van der Waals surface area contributed by atoms with Gasteiger partial charge in [0, 0.05) is 0 Å². The Morgan fingerprint density at radius 1 is 0.722 bits per heavy atom. The van der Waals surface area contributed by atoms with Gasteiger partial charge in [-0.3, -0.25) is 0 Å². The number of halogens is 2. The Kier molecular flexibility index (Phi) is 7.45. The Hall–Kier alpha value is 1.29. The summed E-state index contributed by atoms with van der Waals surface area (Å²) in [6.07, 6.45) is 16.5. The summed E-state index contributed by atoms with van der Waals surface area (Å²) in [5.74, 6) is 5.97. The van der Waals surface area contributed by atoms with Gasteiger partial charge in [0.2, 0.25) is 0 Å². The third kappa shape index (κ3) is 4.14. The Balaban J connectivity index is 0.000000128. The summed E-state index contributed by atoms with van der Waals surface area (Å²) < 4.78 is 0. The van der Waals surface area contributed by atoms with Gasteiger partial charge in [0.25, 0.3) is 0 Å². The molecule has 0 aliphatic heterocycles. The molecule has 3 heteroatoms. The van der Waals surface area contributed by atoms with Crippen molar-refractivity contribution < 1.29 is 17.0 Å². The predicted molar refractivity (Wildman–Crippen MR) is 76.0 cm³/mol. The fourth-order valence-electron chi connectivity index (χ4n) is 4.22. The molecule has 0 aromatic heterocycles. The van der Waals surface area contributed by atoms with E-state index in [1.165, 1.54) is 64.2 Å². The third-order valence-electron chi connectivity index (χ3n) is 4.97. The van der Waals surface area contributed by atoms with Crippen molar-refractivity contribution in [1.82, 2.24) is 0 Å². The average Bonchev–Trinajstić information content (AvgIpc) is 3.17. The number of fused-ring (bicyclic) bond motifs is 5. The van der Waals surface area contributed by atoms with Crippen LogP contribution in [-0.4, -0.2) is 0 Å². The van der Waals surface area contributed by atoms with Crippen LogP contribution in [-0.2, 0) is 17.0 Å². The summed E-state index contributed by atoms with van der Waals surface area (Å²) in [5.41, 5.74) is 0. The molecule has 2 atom stereocenters. The fourth-order valence-corrected chi connectivity index (χ4v) is 4.22. The Labute approximate surface area is 129 Å². The second kappa shape index (κ2) is 8.55. The van der Waals surface area contributed by atoms with E-state index in [-0.39, 0.29) is 0 Å². The zero-order chi connectivity index (χ0) is 12.8. The van der Waals surface area contributed by atoms with Crippen LogP contribution >= 0.6 is 18.6 Å².